The quantitative estimate of drug-likeness (QED) is 0.834. The van der Waals surface area contributed by atoms with E-state index in [1.165, 1.54) is 6.07 Å². The summed E-state index contributed by atoms with van der Waals surface area (Å²) in [6.07, 6.45) is 0. The van der Waals surface area contributed by atoms with Crippen LogP contribution >= 0.6 is 0 Å². The summed E-state index contributed by atoms with van der Waals surface area (Å²) in [4.78, 5) is 0. The van der Waals surface area contributed by atoms with Crippen molar-refractivity contribution in [3.05, 3.63) is 35.1 Å². The number of ether oxygens (including phenoxy) is 1. The minimum Gasteiger partial charge on any atom is -0.371 e. The Balaban J connectivity index is 2.70. The lowest BCUT2D eigenvalue weighted by molar-refractivity contribution is -0.0161. The van der Waals surface area contributed by atoms with E-state index in [4.69, 9.17) is 10.5 Å². The van der Waals surface area contributed by atoms with Gasteiger partial charge in [0.15, 0.2) is 0 Å². The third kappa shape index (κ3) is 3.98. The molecule has 0 atom stereocenters. The first-order chi connectivity index (χ1) is 6.92. The summed E-state index contributed by atoms with van der Waals surface area (Å²) in [5, 5.41) is 0. The first-order valence-corrected chi connectivity index (χ1v) is 5.04. The monoisotopic (exact) mass is 211 g/mol. The molecule has 0 saturated heterocycles. The van der Waals surface area contributed by atoms with Crippen molar-refractivity contribution in [1.82, 2.24) is 0 Å². The normalized spacial score (nSPS) is 11.8. The third-order valence-electron chi connectivity index (χ3n) is 2.01. The van der Waals surface area contributed by atoms with Crippen LogP contribution in [0.15, 0.2) is 18.2 Å². The molecule has 0 aliphatic carbocycles. The van der Waals surface area contributed by atoms with Gasteiger partial charge in [0.05, 0.1) is 12.2 Å². The molecule has 2 nitrogen and oxygen atoms in total. The van der Waals surface area contributed by atoms with Crippen molar-refractivity contribution in [3.8, 4) is 0 Å². The van der Waals surface area contributed by atoms with Gasteiger partial charge in [-0.15, -0.1) is 0 Å². The molecule has 15 heavy (non-hydrogen) atoms. The van der Waals surface area contributed by atoms with Crippen molar-refractivity contribution >= 4 is 0 Å². The van der Waals surface area contributed by atoms with Gasteiger partial charge in [0, 0.05) is 12.1 Å². The van der Waals surface area contributed by atoms with Gasteiger partial charge in [-0.2, -0.15) is 0 Å². The molecule has 0 fully saturated rings. The maximum atomic E-state index is 13.5. The Kier molecular flexibility index (Phi) is 3.83. The molecule has 2 N–H and O–H groups in total. The minimum absolute atomic E-state index is 0.248. The molecule has 0 heterocycles. The lowest BCUT2D eigenvalue weighted by atomic mass is 10.1. The lowest BCUT2D eigenvalue weighted by Gasteiger charge is -2.19. The van der Waals surface area contributed by atoms with Gasteiger partial charge in [0.1, 0.15) is 5.82 Å². The Morgan fingerprint density at radius 1 is 1.33 bits per heavy atom. The third-order valence-corrected chi connectivity index (χ3v) is 2.01. The van der Waals surface area contributed by atoms with Crippen LogP contribution in [0.4, 0.5) is 4.39 Å². The van der Waals surface area contributed by atoms with E-state index in [0.717, 1.165) is 5.56 Å². The number of rotatable bonds is 3. The zero-order valence-electron chi connectivity index (χ0n) is 9.51. The van der Waals surface area contributed by atoms with Gasteiger partial charge < -0.3 is 10.5 Å². The highest BCUT2D eigenvalue weighted by Gasteiger charge is 2.12. The molecule has 84 valence electrons. The SMILES string of the molecule is CC(C)(C)OCc1ccc(CN)cc1F. The largest absolute Gasteiger partial charge is 0.371 e. The number of nitrogens with two attached hydrogens (primary N) is 1. The maximum Gasteiger partial charge on any atom is 0.129 e. The summed E-state index contributed by atoms with van der Waals surface area (Å²) in [5.74, 6) is -0.248. The fourth-order valence-corrected chi connectivity index (χ4v) is 1.13. The molecule has 0 unspecified atom stereocenters. The van der Waals surface area contributed by atoms with Gasteiger partial charge in [-0.05, 0) is 32.4 Å². The molecular weight excluding hydrogens is 193 g/mol. The first kappa shape index (κ1) is 12.1. The van der Waals surface area contributed by atoms with Crippen LogP contribution in [0.2, 0.25) is 0 Å². The number of halogens is 1. The topological polar surface area (TPSA) is 35.2 Å². The van der Waals surface area contributed by atoms with Gasteiger partial charge in [-0.25, -0.2) is 4.39 Å². The van der Waals surface area contributed by atoms with Gasteiger partial charge in [0.2, 0.25) is 0 Å². The molecule has 0 aromatic heterocycles. The standard InChI is InChI=1S/C12H18FNO/c1-12(2,3)15-8-10-5-4-9(7-14)6-11(10)13/h4-6H,7-8,14H2,1-3H3. The molecule has 1 aromatic rings. The molecule has 0 radical (unpaired) electrons. The molecule has 1 aromatic carbocycles. The molecule has 0 saturated carbocycles. The van der Waals surface area contributed by atoms with Crippen molar-refractivity contribution in [2.75, 3.05) is 0 Å². The molecular formula is C12H18FNO. The zero-order chi connectivity index (χ0) is 11.5. The average molecular weight is 211 g/mol. The van der Waals surface area contributed by atoms with Crippen LogP contribution in [-0.2, 0) is 17.9 Å². The second-order valence-corrected chi connectivity index (χ2v) is 4.53. The van der Waals surface area contributed by atoms with E-state index in [1.54, 1.807) is 6.07 Å². The van der Waals surface area contributed by atoms with Crippen LogP contribution in [-0.4, -0.2) is 5.60 Å². The Labute approximate surface area is 90.2 Å². The number of hydrogen-bond donors (Lipinski definition) is 1. The van der Waals surface area contributed by atoms with Crippen molar-refractivity contribution in [2.45, 2.75) is 39.5 Å². The van der Waals surface area contributed by atoms with E-state index < -0.39 is 0 Å². The molecule has 0 aliphatic heterocycles. The number of benzene rings is 1. The van der Waals surface area contributed by atoms with Crippen LogP contribution in [0.1, 0.15) is 31.9 Å². The second kappa shape index (κ2) is 4.73. The molecule has 0 amide bonds. The summed E-state index contributed by atoms with van der Waals surface area (Å²) >= 11 is 0. The van der Waals surface area contributed by atoms with Crippen molar-refractivity contribution in [1.29, 1.82) is 0 Å². The Hall–Kier alpha value is -0.930. The molecule has 0 aliphatic rings. The molecule has 0 spiro atoms. The van der Waals surface area contributed by atoms with Crippen LogP contribution in [0.3, 0.4) is 0 Å². The fraction of sp³-hybridized carbons (Fsp3) is 0.500. The van der Waals surface area contributed by atoms with Crippen LogP contribution in [0.25, 0.3) is 0 Å². The van der Waals surface area contributed by atoms with Crippen LogP contribution < -0.4 is 5.73 Å². The van der Waals surface area contributed by atoms with Crippen LogP contribution in [0.5, 0.6) is 0 Å². The second-order valence-electron chi connectivity index (χ2n) is 4.53. The maximum absolute atomic E-state index is 13.5. The predicted octanol–water partition coefficient (Wildman–Crippen LogP) is 2.60. The summed E-state index contributed by atoms with van der Waals surface area (Å²) in [6.45, 7) is 6.48. The van der Waals surface area contributed by atoms with Gasteiger partial charge in [0.25, 0.3) is 0 Å². The average Bonchev–Trinajstić information content (AvgIpc) is 2.14. The Bertz CT molecular complexity index is 331. The molecule has 3 heteroatoms. The smallest absolute Gasteiger partial charge is 0.129 e. The summed E-state index contributed by atoms with van der Waals surface area (Å²) in [6, 6.07) is 5.01. The van der Waals surface area contributed by atoms with E-state index in [1.807, 2.05) is 26.8 Å². The molecule has 0 bridgehead atoms. The van der Waals surface area contributed by atoms with E-state index in [9.17, 15) is 4.39 Å². The van der Waals surface area contributed by atoms with Crippen LogP contribution in [0, 0.1) is 5.82 Å². The first-order valence-electron chi connectivity index (χ1n) is 5.04. The minimum atomic E-state index is -0.251. The van der Waals surface area contributed by atoms with Gasteiger partial charge in [-0.3, -0.25) is 0 Å². The predicted molar refractivity (Wildman–Crippen MR) is 58.8 cm³/mol. The van der Waals surface area contributed by atoms with E-state index in [-0.39, 0.29) is 11.4 Å². The highest BCUT2D eigenvalue weighted by atomic mass is 19.1. The van der Waals surface area contributed by atoms with E-state index in [0.29, 0.717) is 18.7 Å². The fourth-order valence-electron chi connectivity index (χ4n) is 1.13. The summed E-state index contributed by atoms with van der Waals surface area (Å²) in [5.41, 5.74) is 6.53. The lowest BCUT2D eigenvalue weighted by Crippen LogP contribution is -2.19. The van der Waals surface area contributed by atoms with Gasteiger partial charge >= 0.3 is 0 Å². The van der Waals surface area contributed by atoms with Gasteiger partial charge in [-0.1, -0.05) is 12.1 Å². The van der Waals surface area contributed by atoms with Crippen molar-refractivity contribution in [3.63, 3.8) is 0 Å². The highest BCUT2D eigenvalue weighted by molar-refractivity contribution is 5.23. The molecule has 1 rings (SSSR count). The Morgan fingerprint density at radius 2 is 2.00 bits per heavy atom. The van der Waals surface area contributed by atoms with Crippen molar-refractivity contribution in [2.24, 2.45) is 5.73 Å². The summed E-state index contributed by atoms with van der Waals surface area (Å²) in [7, 11) is 0. The number of hydrogen-bond acceptors (Lipinski definition) is 2. The van der Waals surface area contributed by atoms with E-state index >= 15 is 0 Å². The van der Waals surface area contributed by atoms with E-state index in [2.05, 4.69) is 0 Å². The summed E-state index contributed by atoms with van der Waals surface area (Å²) < 4.78 is 19.0. The zero-order valence-corrected chi connectivity index (χ0v) is 9.51. The van der Waals surface area contributed by atoms with Crippen molar-refractivity contribution < 1.29 is 9.13 Å². The highest BCUT2D eigenvalue weighted by Crippen LogP contribution is 2.15. The Morgan fingerprint density at radius 3 is 2.47 bits per heavy atom.